The maximum Gasteiger partial charge on any atom is 0.134 e. The first-order valence-electron chi connectivity index (χ1n) is 11.3. The minimum atomic E-state index is 0.358. The second-order valence-corrected chi connectivity index (χ2v) is 8.44. The molecule has 0 saturated carbocycles. The van der Waals surface area contributed by atoms with E-state index < -0.39 is 0 Å². The van der Waals surface area contributed by atoms with E-state index >= 15 is 0 Å². The van der Waals surface area contributed by atoms with Crippen molar-refractivity contribution in [2.45, 2.75) is 25.2 Å². The smallest absolute Gasteiger partial charge is 0.134 e. The molecule has 1 aliphatic rings. The number of hydrogen-bond donors (Lipinski definition) is 0. The molecular weight excluding hydrogens is 392 g/mol. The van der Waals surface area contributed by atoms with Gasteiger partial charge < -0.3 is 8.83 Å². The largest absolute Gasteiger partial charge is 0.473 e. The molecule has 0 radical (unpaired) electrons. The molecule has 1 aliphatic carbocycles. The Morgan fingerprint density at radius 1 is 0.656 bits per heavy atom. The highest BCUT2D eigenvalue weighted by Crippen LogP contribution is 2.42. The Bertz CT molecular complexity index is 1450. The molecule has 0 spiro atoms. The van der Waals surface area contributed by atoms with Crippen molar-refractivity contribution in [3.05, 3.63) is 120 Å². The number of para-hydroxylation sites is 1. The topological polar surface area (TPSA) is 26.3 Å². The second kappa shape index (κ2) is 8.05. The minimum absolute atomic E-state index is 0.358. The predicted molar refractivity (Wildman–Crippen MR) is 131 cm³/mol. The molecule has 32 heavy (non-hydrogen) atoms. The van der Waals surface area contributed by atoms with Crippen molar-refractivity contribution < 1.29 is 8.83 Å². The van der Waals surface area contributed by atoms with Gasteiger partial charge in [0.05, 0.1) is 12.5 Å². The van der Waals surface area contributed by atoms with Crippen LogP contribution in [0.15, 0.2) is 112 Å². The molecule has 0 N–H and O–H groups in total. The van der Waals surface area contributed by atoms with Crippen molar-refractivity contribution in [3.63, 3.8) is 0 Å². The Balaban J connectivity index is 0.000000348. The van der Waals surface area contributed by atoms with Gasteiger partial charge in [-0.1, -0.05) is 66.7 Å². The van der Waals surface area contributed by atoms with E-state index in [0.29, 0.717) is 5.92 Å². The third kappa shape index (κ3) is 3.29. The van der Waals surface area contributed by atoms with Crippen molar-refractivity contribution in [2.75, 3.05) is 0 Å². The van der Waals surface area contributed by atoms with Gasteiger partial charge in [-0.3, -0.25) is 0 Å². The molecule has 1 unspecified atom stereocenters. The van der Waals surface area contributed by atoms with Crippen molar-refractivity contribution >= 4 is 32.5 Å². The van der Waals surface area contributed by atoms with Crippen LogP contribution in [0.1, 0.15) is 35.6 Å². The van der Waals surface area contributed by atoms with Crippen molar-refractivity contribution in [3.8, 4) is 0 Å². The summed E-state index contributed by atoms with van der Waals surface area (Å²) in [5, 5.41) is 6.65. The monoisotopic (exact) mass is 416 g/mol. The molecule has 7 rings (SSSR count). The molecule has 0 saturated heterocycles. The maximum absolute atomic E-state index is 6.25. The highest BCUT2D eigenvalue weighted by atomic mass is 16.3. The lowest BCUT2D eigenvalue weighted by atomic mass is 9.79. The normalized spacial score (nSPS) is 15.4. The van der Waals surface area contributed by atoms with Crippen LogP contribution in [0.5, 0.6) is 0 Å². The van der Waals surface area contributed by atoms with Gasteiger partial charge in [-0.05, 0) is 76.2 Å². The highest BCUT2D eigenvalue weighted by Gasteiger charge is 2.26. The molecule has 156 valence electrons. The number of benzene rings is 4. The summed E-state index contributed by atoms with van der Waals surface area (Å²) in [6.07, 6.45) is 6.77. The van der Waals surface area contributed by atoms with Gasteiger partial charge in [0.25, 0.3) is 0 Å². The lowest BCUT2D eigenvalue weighted by Crippen LogP contribution is -2.11. The molecule has 1 atom stereocenters. The number of rotatable bonds is 1. The van der Waals surface area contributed by atoms with E-state index in [1.165, 1.54) is 44.5 Å². The summed E-state index contributed by atoms with van der Waals surface area (Å²) >= 11 is 0. The molecule has 2 heterocycles. The summed E-state index contributed by atoms with van der Waals surface area (Å²) in [4.78, 5) is 0. The Morgan fingerprint density at radius 2 is 1.44 bits per heavy atom. The van der Waals surface area contributed by atoms with Crippen molar-refractivity contribution in [1.29, 1.82) is 0 Å². The zero-order chi connectivity index (χ0) is 21.3. The molecule has 0 fully saturated rings. The summed E-state index contributed by atoms with van der Waals surface area (Å²) in [6.45, 7) is 0. The lowest BCUT2D eigenvalue weighted by molar-refractivity contribution is 0.483. The molecule has 0 aliphatic heterocycles. The van der Waals surface area contributed by atoms with Gasteiger partial charge in [0.2, 0.25) is 0 Å². The second-order valence-electron chi connectivity index (χ2n) is 8.44. The number of fused-ring (bicyclic) bond motifs is 6. The van der Waals surface area contributed by atoms with Gasteiger partial charge in [0, 0.05) is 11.3 Å². The van der Waals surface area contributed by atoms with E-state index in [2.05, 4.69) is 77.2 Å². The predicted octanol–water partition coefficient (Wildman–Crippen LogP) is 8.49. The Labute approximate surface area is 187 Å². The van der Waals surface area contributed by atoms with Crippen LogP contribution in [0.4, 0.5) is 0 Å². The van der Waals surface area contributed by atoms with Crippen LogP contribution in [-0.2, 0) is 6.42 Å². The molecular formula is C30H24O2. The first-order chi connectivity index (χ1) is 15.9. The molecule has 2 heteroatoms. The number of aryl methyl sites for hydroxylation is 1. The van der Waals surface area contributed by atoms with Gasteiger partial charge in [0.15, 0.2) is 0 Å². The van der Waals surface area contributed by atoms with Gasteiger partial charge in [-0.2, -0.15) is 0 Å². The van der Waals surface area contributed by atoms with E-state index in [4.69, 9.17) is 4.42 Å². The van der Waals surface area contributed by atoms with Crippen LogP contribution < -0.4 is 0 Å². The Hall–Kier alpha value is -3.78. The molecule has 0 bridgehead atoms. The Morgan fingerprint density at radius 3 is 2.25 bits per heavy atom. The SMILES string of the molecule is c1ccc2oc(C3CCCc4c3ccc3c4ccc4ccccc43)cc2c1.c1ccoc1. The van der Waals surface area contributed by atoms with Crippen LogP contribution in [0.2, 0.25) is 0 Å². The fourth-order valence-corrected chi connectivity index (χ4v) is 5.11. The summed E-state index contributed by atoms with van der Waals surface area (Å²) in [6, 6.07) is 32.2. The van der Waals surface area contributed by atoms with Gasteiger partial charge in [0.1, 0.15) is 11.3 Å². The van der Waals surface area contributed by atoms with Gasteiger partial charge in [-0.15, -0.1) is 0 Å². The molecule has 2 nitrogen and oxygen atoms in total. The Kier molecular flexibility index (Phi) is 4.77. The lowest BCUT2D eigenvalue weighted by Gasteiger charge is -2.25. The van der Waals surface area contributed by atoms with E-state index in [-0.39, 0.29) is 0 Å². The molecule has 4 aromatic carbocycles. The van der Waals surface area contributed by atoms with Crippen LogP contribution >= 0.6 is 0 Å². The summed E-state index contributed by atoms with van der Waals surface area (Å²) in [5.41, 5.74) is 3.95. The molecule has 2 aromatic heterocycles. The summed E-state index contributed by atoms with van der Waals surface area (Å²) < 4.78 is 10.8. The third-order valence-corrected chi connectivity index (χ3v) is 6.58. The van der Waals surface area contributed by atoms with Gasteiger partial charge in [-0.25, -0.2) is 0 Å². The van der Waals surface area contributed by atoms with E-state index in [0.717, 1.165) is 24.2 Å². The molecule has 6 aromatic rings. The van der Waals surface area contributed by atoms with Crippen LogP contribution in [0.3, 0.4) is 0 Å². The average Bonchev–Trinajstić information content (AvgIpc) is 3.56. The van der Waals surface area contributed by atoms with Crippen LogP contribution in [0, 0.1) is 0 Å². The number of hydrogen-bond acceptors (Lipinski definition) is 2. The van der Waals surface area contributed by atoms with E-state index in [1.807, 2.05) is 18.2 Å². The van der Waals surface area contributed by atoms with Crippen LogP contribution in [0.25, 0.3) is 32.5 Å². The quantitative estimate of drug-likeness (QED) is 0.251. The zero-order valence-electron chi connectivity index (χ0n) is 17.8. The standard InChI is InChI=1S/C26H20O.C4H4O/c1-3-8-19-17(6-1)12-13-22-20-9-5-10-24(23(20)15-14-21(19)22)26-16-18-7-2-4-11-25(18)27-26;1-2-4-5-3-1/h1-4,6-8,11-16,24H,5,9-10H2;1-4H. The fraction of sp³-hybridized carbons (Fsp3) is 0.133. The summed E-state index contributed by atoms with van der Waals surface area (Å²) in [7, 11) is 0. The van der Waals surface area contributed by atoms with E-state index in [9.17, 15) is 0 Å². The van der Waals surface area contributed by atoms with Crippen molar-refractivity contribution in [1.82, 2.24) is 0 Å². The highest BCUT2D eigenvalue weighted by molar-refractivity contribution is 6.08. The van der Waals surface area contributed by atoms with Gasteiger partial charge >= 0.3 is 0 Å². The first-order valence-corrected chi connectivity index (χ1v) is 11.3. The first kappa shape index (κ1) is 18.9. The van der Waals surface area contributed by atoms with Crippen molar-refractivity contribution in [2.24, 2.45) is 0 Å². The zero-order valence-corrected chi connectivity index (χ0v) is 17.8. The maximum atomic E-state index is 6.25. The minimum Gasteiger partial charge on any atom is -0.473 e. The van der Waals surface area contributed by atoms with E-state index in [1.54, 1.807) is 12.5 Å². The average molecular weight is 417 g/mol. The fourth-order valence-electron chi connectivity index (χ4n) is 5.11. The molecule has 0 amide bonds. The number of furan rings is 2. The third-order valence-electron chi connectivity index (χ3n) is 6.58. The summed E-state index contributed by atoms with van der Waals surface area (Å²) in [5.74, 6) is 1.47. The van der Waals surface area contributed by atoms with Crippen LogP contribution in [-0.4, -0.2) is 0 Å².